The van der Waals surface area contributed by atoms with Gasteiger partial charge in [-0.05, 0) is 49.9 Å². The Morgan fingerprint density at radius 1 is 1.10 bits per heavy atom. The van der Waals surface area contributed by atoms with Gasteiger partial charge in [-0.3, -0.25) is 9.59 Å². The monoisotopic (exact) mass is 394 g/mol. The Hall–Kier alpha value is -2.82. The van der Waals surface area contributed by atoms with Crippen molar-refractivity contribution in [1.82, 2.24) is 0 Å². The van der Waals surface area contributed by atoms with Crippen LogP contribution in [0.1, 0.15) is 51.2 Å². The van der Waals surface area contributed by atoms with E-state index < -0.39 is 5.92 Å². The van der Waals surface area contributed by atoms with E-state index in [4.69, 9.17) is 4.74 Å². The van der Waals surface area contributed by atoms with Crippen LogP contribution in [0.3, 0.4) is 0 Å². The average molecular weight is 395 g/mol. The van der Waals surface area contributed by atoms with E-state index in [2.05, 4.69) is 25.2 Å². The van der Waals surface area contributed by atoms with Gasteiger partial charge in [0.2, 0.25) is 11.8 Å². The third-order valence-electron chi connectivity index (χ3n) is 5.16. The molecule has 2 aromatic rings. The maximum Gasteiger partial charge on any atom is 0.229 e. The Bertz CT molecular complexity index is 905. The van der Waals surface area contributed by atoms with Gasteiger partial charge in [0.25, 0.3) is 0 Å². The van der Waals surface area contributed by atoms with Gasteiger partial charge >= 0.3 is 0 Å². The second-order valence-corrected chi connectivity index (χ2v) is 8.22. The van der Waals surface area contributed by atoms with E-state index in [1.54, 1.807) is 4.90 Å². The lowest BCUT2D eigenvalue weighted by molar-refractivity contribution is -0.122. The number of benzene rings is 2. The summed E-state index contributed by atoms with van der Waals surface area (Å²) in [6.45, 7) is 10.5. The summed E-state index contributed by atoms with van der Waals surface area (Å²) < 4.78 is 5.79. The van der Waals surface area contributed by atoms with Gasteiger partial charge in [0, 0.05) is 18.7 Å². The van der Waals surface area contributed by atoms with Crippen LogP contribution in [0, 0.1) is 12.8 Å². The quantitative estimate of drug-likeness (QED) is 0.758. The number of amides is 2. The summed E-state index contributed by atoms with van der Waals surface area (Å²) in [6.07, 6.45) is 0.220. The Kier molecular flexibility index (Phi) is 6.26. The molecule has 2 amide bonds. The number of ether oxygens (including phenoxy) is 1. The molecule has 0 aliphatic carbocycles. The molecule has 1 heterocycles. The van der Waals surface area contributed by atoms with E-state index >= 15 is 0 Å². The van der Waals surface area contributed by atoms with Crippen LogP contribution in [0.4, 0.5) is 11.4 Å². The van der Waals surface area contributed by atoms with Crippen LogP contribution in [0.15, 0.2) is 42.5 Å². The number of nitrogens with zero attached hydrogens (tertiary/aromatic N) is 1. The molecule has 1 fully saturated rings. The minimum atomic E-state index is -0.394. The molecular weight excluding hydrogens is 364 g/mol. The first-order valence-corrected chi connectivity index (χ1v) is 10.2. The number of aryl methyl sites for hydroxylation is 1. The van der Waals surface area contributed by atoms with E-state index in [-0.39, 0.29) is 24.3 Å². The third-order valence-corrected chi connectivity index (χ3v) is 5.16. The summed E-state index contributed by atoms with van der Waals surface area (Å²) in [5.41, 5.74) is 3.78. The summed E-state index contributed by atoms with van der Waals surface area (Å²) >= 11 is 0. The van der Waals surface area contributed by atoms with Crippen LogP contribution in [0.25, 0.3) is 0 Å². The van der Waals surface area contributed by atoms with E-state index in [0.717, 1.165) is 16.8 Å². The molecule has 29 heavy (non-hydrogen) atoms. The number of anilines is 2. The standard InChI is InChI=1S/C24H30N2O3/c1-15(2)19-10-8-9-17(5)23(19)26-14-18(13-22(26)27)24(28)25-20-11-6-7-12-21(20)29-16(3)4/h6-12,15-16,18H,13-14H2,1-5H3,(H,25,28). The lowest BCUT2D eigenvalue weighted by Gasteiger charge is -2.24. The molecular formula is C24H30N2O3. The van der Waals surface area contributed by atoms with Gasteiger partial charge in [0.1, 0.15) is 5.75 Å². The molecule has 154 valence electrons. The van der Waals surface area contributed by atoms with E-state index in [1.807, 2.05) is 57.2 Å². The predicted octanol–water partition coefficient (Wildman–Crippen LogP) is 4.90. The first kappa shape index (κ1) is 20.9. The van der Waals surface area contributed by atoms with Gasteiger partial charge in [-0.25, -0.2) is 0 Å². The van der Waals surface area contributed by atoms with Crippen molar-refractivity contribution in [2.45, 2.75) is 53.1 Å². The zero-order valence-electron chi connectivity index (χ0n) is 17.9. The second-order valence-electron chi connectivity index (χ2n) is 8.22. The fourth-order valence-corrected chi connectivity index (χ4v) is 3.78. The van der Waals surface area contributed by atoms with Crippen LogP contribution in [0.2, 0.25) is 0 Å². The molecule has 0 bridgehead atoms. The van der Waals surface area contributed by atoms with Crippen molar-refractivity contribution in [3.63, 3.8) is 0 Å². The third kappa shape index (κ3) is 4.61. The molecule has 5 heteroatoms. The highest BCUT2D eigenvalue weighted by atomic mass is 16.5. The summed E-state index contributed by atoms with van der Waals surface area (Å²) in [5.74, 6) is 0.381. The summed E-state index contributed by atoms with van der Waals surface area (Å²) in [5, 5.41) is 2.96. The van der Waals surface area contributed by atoms with Gasteiger partial charge in [-0.15, -0.1) is 0 Å². The zero-order chi connectivity index (χ0) is 21.1. The molecule has 0 radical (unpaired) electrons. The molecule has 1 N–H and O–H groups in total. The minimum absolute atomic E-state index is 0.00642. The van der Waals surface area contributed by atoms with Crippen LogP contribution in [-0.4, -0.2) is 24.5 Å². The van der Waals surface area contributed by atoms with Crippen LogP contribution < -0.4 is 15.0 Å². The lowest BCUT2D eigenvalue weighted by Crippen LogP contribution is -2.29. The predicted molar refractivity (Wildman–Crippen MR) is 117 cm³/mol. The largest absolute Gasteiger partial charge is 0.489 e. The number of para-hydroxylation sites is 3. The number of carbonyl (C=O) groups is 2. The first-order valence-electron chi connectivity index (χ1n) is 10.2. The normalized spacial score (nSPS) is 16.6. The fraction of sp³-hybridized carbons (Fsp3) is 0.417. The number of rotatable bonds is 6. The van der Waals surface area contributed by atoms with Crippen molar-refractivity contribution in [3.8, 4) is 5.75 Å². The van der Waals surface area contributed by atoms with Crippen molar-refractivity contribution in [2.24, 2.45) is 5.92 Å². The molecule has 0 aromatic heterocycles. The topological polar surface area (TPSA) is 58.6 Å². The molecule has 2 aromatic carbocycles. The summed E-state index contributed by atoms with van der Waals surface area (Å²) in [6, 6.07) is 13.5. The van der Waals surface area contributed by atoms with E-state index in [9.17, 15) is 9.59 Å². The smallest absolute Gasteiger partial charge is 0.229 e. The number of hydrogen-bond acceptors (Lipinski definition) is 3. The van der Waals surface area contributed by atoms with E-state index in [0.29, 0.717) is 23.9 Å². The highest BCUT2D eigenvalue weighted by Crippen LogP contribution is 2.35. The molecule has 0 saturated carbocycles. The van der Waals surface area contributed by atoms with Gasteiger partial charge in [0.15, 0.2) is 0 Å². The van der Waals surface area contributed by atoms with Gasteiger partial charge in [-0.1, -0.05) is 44.2 Å². The number of nitrogens with one attached hydrogen (secondary N) is 1. The van der Waals surface area contributed by atoms with Gasteiger partial charge in [-0.2, -0.15) is 0 Å². The van der Waals surface area contributed by atoms with Crippen molar-refractivity contribution < 1.29 is 14.3 Å². The SMILES string of the molecule is Cc1cccc(C(C)C)c1N1CC(C(=O)Nc2ccccc2OC(C)C)CC1=O. The minimum Gasteiger partial charge on any atom is -0.489 e. The fourth-order valence-electron chi connectivity index (χ4n) is 3.78. The highest BCUT2D eigenvalue weighted by Gasteiger charge is 2.37. The lowest BCUT2D eigenvalue weighted by atomic mass is 9.97. The van der Waals surface area contributed by atoms with Crippen LogP contribution >= 0.6 is 0 Å². The summed E-state index contributed by atoms with van der Waals surface area (Å²) in [4.78, 5) is 27.5. The van der Waals surface area contributed by atoms with Gasteiger partial charge in [0.05, 0.1) is 17.7 Å². The molecule has 0 spiro atoms. The van der Waals surface area contributed by atoms with Crippen molar-refractivity contribution in [3.05, 3.63) is 53.6 Å². The molecule has 1 saturated heterocycles. The van der Waals surface area contributed by atoms with Gasteiger partial charge < -0.3 is 15.0 Å². The molecule has 1 atom stereocenters. The zero-order valence-corrected chi connectivity index (χ0v) is 17.9. The molecule has 1 aliphatic heterocycles. The highest BCUT2D eigenvalue weighted by molar-refractivity contribution is 6.04. The Labute approximate surface area is 173 Å². The number of hydrogen-bond donors (Lipinski definition) is 1. The second kappa shape index (κ2) is 8.68. The van der Waals surface area contributed by atoms with Crippen LogP contribution in [0.5, 0.6) is 5.75 Å². The maximum absolute atomic E-state index is 12.9. The van der Waals surface area contributed by atoms with Crippen molar-refractivity contribution in [2.75, 3.05) is 16.8 Å². The number of carbonyl (C=O) groups excluding carboxylic acids is 2. The molecule has 1 aliphatic rings. The Morgan fingerprint density at radius 2 is 1.83 bits per heavy atom. The van der Waals surface area contributed by atoms with Crippen molar-refractivity contribution in [1.29, 1.82) is 0 Å². The van der Waals surface area contributed by atoms with E-state index in [1.165, 1.54) is 0 Å². The average Bonchev–Trinajstić information content (AvgIpc) is 3.04. The summed E-state index contributed by atoms with van der Waals surface area (Å²) in [7, 11) is 0. The molecule has 3 rings (SSSR count). The first-order chi connectivity index (χ1) is 13.8. The Morgan fingerprint density at radius 3 is 2.52 bits per heavy atom. The van der Waals surface area contributed by atoms with Crippen molar-refractivity contribution >= 4 is 23.2 Å². The van der Waals surface area contributed by atoms with Crippen LogP contribution in [-0.2, 0) is 9.59 Å². The maximum atomic E-state index is 12.9. The molecule has 5 nitrogen and oxygen atoms in total. The molecule has 1 unspecified atom stereocenters. The Balaban J connectivity index is 1.79.